The molecule has 4 heteroatoms. The van der Waals surface area contributed by atoms with Gasteiger partial charge in [0.25, 0.3) is 0 Å². The molecule has 2 aromatic carbocycles. The van der Waals surface area contributed by atoms with E-state index in [1.165, 1.54) is 0 Å². The number of aromatic nitrogens is 1. The number of aliphatic hydroxyl groups is 1. The van der Waals surface area contributed by atoms with Crippen molar-refractivity contribution in [3.63, 3.8) is 0 Å². The Bertz CT molecular complexity index is 882. The van der Waals surface area contributed by atoms with Gasteiger partial charge in [-0.1, -0.05) is 43.8 Å². The number of oxazole rings is 1. The van der Waals surface area contributed by atoms with Gasteiger partial charge < -0.3 is 14.3 Å². The van der Waals surface area contributed by atoms with Crippen LogP contribution in [-0.2, 0) is 12.8 Å². The minimum Gasteiger partial charge on any atom is -0.513 e. The van der Waals surface area contributed by atoms with Crippen LogP contribution in [0.2, 0.25) is 0 Å². The van der Waals surface area contributed by atoms with Crippen LogP contribution in [0.5, 0.6) is 5.75 Å². The summed E-state index contributed by atoms with van der Waals surface area (Å²) in [5.41, 5.74) is 3.04. The van der Waals surface area contributed by atoms with E-state index in [2.05, 4.69) is 11.6 Å². The molecule has 3 rings (SSSR count). The Morgan fingerprint density at radius 1 is 1.15 bits per heavy atom. The highest BCUT2D eigenvalue weighted by Gasteiger charge is 2.11. The molecule has 1 atom stereocenters. The first kappa shape index (κ1) is 18.8. The molecule has 0 aliphatic carbocycles. The van der Waals surface area contributed by atoms with Gasteiger partial charge in [0, 0.05) is 17.9 Å². The minimum atomic E-state index is 0.0470. The Labute approximate surface area is 160 Å². The lowest BCUT2D eigenvalue weighted by molar-refractivity contribution is 0.319. The van der Waals surface area contributed by atoms with Crippen LogP contribution in [0.4, 0.5) is 0 Å². The molecule has 1 unspecified atom stereocenters. The number of benzene rings is 2. The summed E-state index contributed by atoms with van der Waals surface area (Å²) in [5, 5.41) is 9.43. The van der Waals surface area contributed by atoms with Crippen molar-refractivity contribution in [3.8, 4) is 17.2 Å². The van der Waals surface area contributed by atoms with Crippen molar-refractivity contribution in [2.24, 2.45) is 5.92 Å². The van der Waals surface area contributed by atoms with E-state index >= 15 is 0 Å². The summed E-state index contributed by atoms with van der Waals surface area (Å²) in [7, 11) is 0. The number of hydrogen-bond acceptors (Lipinski definition) is 4. The Kier molecular flexibility index (Phi) is 5.97. The number of aliphatic hydroxyl groups excluding tert-OH is 1. The first-order valence-electron chi connectivity index (χ1n) is 9.14. The number of nitrogens with zero attached hydrogens (tertiary/aromatic N) is 1. The third kappa shape index (κ3) is 5.00. The van der Waals surface area contributed by atoms with E-state index in [1.54, 1.807) is 0 Å². The molecule has 0 spiro atoms. The molecule has 1 N–H and O–H groups in total. The Morgan fingerprint density at radius 2 is 1.85 bits per heavy atom. The average Bonchev–Trinajstić information content (AvgIpc) is 3.04. The quantitative estimate of drug-likeness (QED) is 0.535. The zero-order chi connectivity index (χ0) is 19.2. The Hall–Kier alpha value is -3.01. The maximum atomic E-state index is 9.43. The standard InChI is InChI=1S/C23H25NO3/c1-16(17(2)25)15-19-9-11-21(12-10-19)26-14-13-22-18(3)27-23(24-22)20-7-5-4-6-8-20/h4-12,16,25H,2,13-15H2,1,3H3. The van der Waals surface area contributed by atoms with Gasteiger partial charge in [0.05, 0.1) is 18.1 Å². The van der Waals surface area contributed by atoms with Crippen LogP contribution < -0.4 is 4.74 Å². The van der Waals surface area contributed by atoms with Gasteiger partial charge >= 0.3 is 0 Å². The first-order valence-corrected chi connectivity index (χ1v) is 9.14. The molecule has 0 fully saturated rings. The van der Waals surface area contributed by atoms with Crippen LogP contribution in [0.15, 0.2) is 71.4 Å². The summed E-state index contributed by atoms with van der Waals surface area (Å²) in [6.07, 6.45) is 1.45. The van der Waals surface area contributed by atoms with E-state index < -0.39 is 0 Å². The number of ether oxygens (including phenoxy) is 1. The summed E-state index contributed by atoms with van der Waals surface area (Å²) in [6.45, 7) is 8.00. The van der Waals surface area contributed by atoms with E-state index in [9.17, 15) is 5.11 Å². The Morgan fingerprint density at radius 3 is 2.52 bits per heavy atom. The maximum absolute atomic E-state index is 9.43. The van der Waals surface area contributed by atoms with Crippen molar-refractivity contribution in [1.82, 2.24) is 4.98 Å². The second kappa shape index (κ2) is 8.58. The highest BCUT2D eigenvalue weighted by Crippen LogP contribution is 2.22. The van der Waals surface area contributed by atoms with Crippen molar-refractivity contribution in [3.05, 3.63) is 84.0 Å². The van der Waals surface area contributed by atoms with Crippen LogP contribution in [0.3, 0.4) is 0 Å². The third-order valence-electron chi connectivity index (χ3n) is 4.56. The van der Waals surface area contributed by atoms with Crippen molar-refractivity contribution in [2.75, 3.05) is 6.61 Å². The topological polar surface area (TPSA) is 55.5 Å². The summed E-state index contributed by atoms with van der Waals surface area (Å²) >= 11 is 0. The molecule has 4 nitrogen and oxygen atoms in total. The van der Waals surface area contributed by atoms with Gasteiger partial charge in [-0.25, -0.2) is 4.98 Å². The molecule has 0 bridgehead atoms. The predicted octanol–water partition coefficient (Wildman–Crippen LogP) is 5.52. The van der Waals surface area contributed by atoms with E-state index in [-0.39, 0.29) is 11.7 Å². The summed E-state index contributed by atoms with van der Waals surface area (Å²) < 4.78 is 11.6. The molecule has 0 aliphatic heterocycles. The van der Waals surface area contributed by atoms with Crippen LogP contribution >= 0.6 is 0 Å². The molecule has 27 heavy (non-hydrogen) atoms. The lowest BCUT2D eigenvalue weighted by atomic mass is 10.00. The summed E-state index contributed by atoms with van der Waals surface area (Å²) in [5.74, 6) is 2.55. The highest BCUT2D eigenvalue weighted by molar-refractivity contribution is 5.53. The molecule has 0 saturated carbocycles. The largest absolute Gasteiger partial charge is 0.513 e. The van der Waals surface area contributed by atoms with Gasteiger partial charge in [-0.05, 0) is 43.2 Å². The van der Waals surface area contributed by atoms with Gasteiger partial charge in [-0.2, -0.15) is 0 Å². The van der Waals surface area contributed by atoms with E-state index in [0.29, 0.717) is 18.9 Å². The lowest BCUT2D eigenvalue weighted by Gasteiger charge is -2.10. The lowest BCUT2D eigenvalue weighted by Crippen LogP contribution is -2.04. The van der Waals surface area contributed by atoms with Crippen molar-refractivity contribution >= 4 is 0 Å². The van der Waals surface area contributed by atoms with Crippen LogP contribution in [-0.4, -0.2) is 16.7 Å². The molecular weight excluding hydrogens is 338 g/mol. The molecule has 0 amide bonds. The van der Waals surface area contributed by atoms with E-state index in [0.717, 1.165) is 34.8 Å². The smallest absolute Gasteiger partial charge is 0.226 e. The SMILES string of the molecule is C=C(O)C(C)Cc1ccc(OCCc2nc(-c3ccccc3)oc2C)cc1. The van der Waals surface area contributed by atoms with Crippen LogP contribution in [0, 0.1) is 12.8 Å². The predicted molar refractivity (Wildman–Crippen MR) is 107 cm³/mol. The molecule has 3 aromatic rings. The monoisotopic (exact) mass is 363 g/mol. The molecule has 1 heterocycles. The van der Waals surface area contributed by atoms with Crippen LogP contribution in [0.25, 0.3) is 11.5 Å². The third-order valence-corrected chi connectivity index (χ3v) is 4.56. The highest BCUT2D eigenvalue weighted by atomic mass is 16.5. The van der Waals surface area contributed by atoms with Crippen molar-refractivity contribution in [1.29, 1.82) is 0 Å². The normalized spacial score (nSPS) is 11.9. The Balaban J connectivity index is 1.54. The molecule has 0 aliphatic rings. The molecule has 140 valence electrons. The van der Waals surface area contributed by atoms with Crippen molar-refractivity contribution in [2.45, 2.75) is 26.7 Å². The fourth-order valence-electron chi connectivity index (χ4n) is 2.82. The van der Waals surface area contributed by atoms with E-state index in [4.69, 9.17) is 9.15 Å². The van der Waals surface area contributed by atoms with Crippen LogP contribution in [0.1, 0.15) is 23.9 Å². The molecular formula is C23H25NO3. The number of rotatable bonds is 8. The summed E-state index contributed by atoms with van der Waals surface area (Å²) in [6, 6.07) is 17.8. The second-order valence-corrected chi connectivity index (χ2v) is 6.73. The van der Waals surface area contributed by atoms with Gasteiger partial charge in [0.2, 0.25) is 5.89 Å². The van der Waals surface area contributed by atoms with Gasteiger partial charge in [0.15, 0.2) is 0 Å². The van der Waals surface area contributed by atoms with E-state index in [1.807, 2.05) is 68.4 Å². The molecule has 1 aromatic heterocycles. The number of hydrogen-bond donors (Lipinski definition) is 1. The zero-order valence-corrected chi connectivity index (χ0v) is 15.8. The fraction of sp³-hybridized carbons (Fsp3) is 0.261. The molecule has 0 saturated heterocycles. The van der Waals surface area contributed by atoms with Gasteiger partial charge in [-0.3, -0.25) is 0 Å². The first-order chi connectivity index (χ1) is 13.0. The fourth-order valence-corrected chi connectivity index (χ4v) is 2.82. The average molecular weight is 363 g/mol. The number of allylic oxidation sites excluding steroid dienone is 1. The van der Waals surface area contributed by atoms with Crippen molar-refractivity contribution < 1.29 is 14.3 Å². The second-order valence-electron chi connectivity index (χ2n) is 6.73. The number of aryl methyl sites for hydroxylation is 1. The molecule has 0 radical (unpaired) electrons. The minimum absolute atomic E-state index is 0.0470. The zero-order valence-electron chi connectivity index (χ0n) is 15.8. The van der Waals surface area contributed by atoms with Gasteiger partial charge in [0.1, 0.15) is 11.5 Å². The maximum Gasteiger partial charge on any atom is 0.226 e. The van der Waals surface area contributed by atoms with Gasteiger partial charge in [-0.15, -0.1) is 0 Å². The summed E-state index contributed by atoms with van der Waals surface area (Å²) in [4.78, 5) is 4.60.